The Balaban J connectivity index is 2.42. The molecule has 1 saturated heterocycles. The molecule has 0 amide bonds. The second-order valence-electron chi connectivity index (χ2n) is 5.27. The van der Waals surface area contributed by atoms with Gasteiger partial charge < -0.3 is 10.1 Å². The normalized spacial score (nSPS) is 23.5. The molecule has 124 valence electrons. The van der Waals surface area contributed by atoms with E-state index in [1.54, 1.807) is 18.2 Å². The van der Waals surface area contributed by atoms with E-state index in [1.165, 1.54) is 7.05 Å². The first-order valence-corrected chi connectivity index (χ1v) is 9.05. The average Bonchev–Trinajstić information content (AvgIpc) is 2.67. The highest BCUT2D eigenvalue weighted by Crippen LogP contribution is 2.35. The molecule has 2 rings (SSSR count). The monoisotopic (exact) mass is 367 g/mol. The van der Waals surface area contributed by atoms with Gasteiger partial charge in [-0.3, -0.25) is 0 Å². The van der Waals surface area contributed by atoms with E-state index < -0.39 is 15.8 Å². The molecule has 1 atom stereocenters. The number of nitrogens with zero attached hydrogens (tertiary/aromatic N) is 1. The second-order valence-corrected chi connectivity index (χ2v) is 7.74. The fraction of sp³-hybridized carbons (Fsp3) is 0.538. The van der Waals surface area contributed by atoms with Gasteiger partial charge in [-0.1, -0.05) is 29.3 Å². The number of halogens is 2. The molecule has 3 N–H and O–H groups in total. The van der Waals surface area contributed by atoms with Gasteiger partial charge in [0.15, 0.2) is 0 Å². The van der Waals surface area contributed by atoms with E-state index in [-0.39, 0.29) is 6.54 Å². The van der Waals surface area contributed by atoms with Crippen molar-refractivity contribution in [3.63, 3.8) is 0 Å². The number of rotatable bonds is 4. The first kappa shape index (κ1) is 17.9. The molecular weight excluding hydrogens is 349 g/mol. The van der Waals surface area contributed by atoms with Crippen LogP contribution < -0.4 is 10.5 Å². The fourth-order valence-corrected chi connectivity index (χ4v) is 3.17. The third kappa shape index (κ3) is 4.11. The minimum absolute atomic E-state index is 0.103. The summed E-state index contributed by atoms with van der Waals surface area (Å²) in [5.41, 5.74) is -0.0417. The van der Waals surface area contributed by atoms with E-state index in [1.807, 2.05) is 0 Å². The van der Waals surface area contributed by atoms with Crippen molar-refractivity contribution >= 4 is 33.4 Å². The molecule has 9 heteroatoms. The van der Waals surface area contributed by atoms with Crippen LogP contribution in [0.3, 0.4) is 0 Å². The Hall–Kier alpha value is -0.410. The van der Waals surface area contributed by atoms with Crippen molar-refractivity contribution in [3.05, 3.63) is 33.8 Å². The summed E-state index contributed by atoms with van der Waals surface area (Å²) in [5.74, 6) is 0. The highest BCUT2D eigenvalue weighted by Gasteiger charge is 2.37. The van der Waals surface area contributed by atoms with Crippen LogP contribution in [-0.2, 0) is 20.5 Å². The third-order valence-electron chi connectivity index (χ3n) is 3.72. The van der Waals surface area contributed by atoms with Gasteiger partial charge in [0.2, 0.25) is 0 Å². The van der Waals surface area contributed by atoms with Gasteiger partial charge in [0.05, 0.1) is 16.7 Å². The lowest BCUT2D eigenvalue weighted by Gasteiger charge is -2.35. The van der Waals surface area contributed by atoms with E-state index in [0.717, 1.165) is 9.87 Å². The topological polar surface area (TPSA) is 84.7 Å². The molecule has 0 spiro atoms. The Morgan fingerprint density at radius 3 is 2.73 bits per heavy atom. The highest BCUT2D eigenvalue weighted by molar-refractivity contribution is 7.86. The van der Waals surface area contributed by atoms with E-state index >= 15 is 0 Å². The molecule has 1 unspecified atom stereocenters. The summed E-state index contributed by atoms with van der Waals surface area (Å²) in [6, 6.07) is 5.20. The van der Waals surface area contributed by atoms with E-state index in [0.29, 0.717) is 36.2 Å². The lowest BCUT2D eigenvalue weighted by molar-refractivity contribution is -0.0513. The molecule has 0 bridgehead atoms. The van der Waals surface area contributed by atoms with Crippen LogP contribution >= 0.6 is 23.2 Å². The van der Waals surface area contributed by atoms with Crippen molar-refractivity contribution in [2.75, 3.05) is 33.3 Å². The summed E-state index contributed by atoms with van der Waals surface area (Å²) in [4.78, 5) is 0. The molecule has 22 heavy (non-hydrogen) atoms. The highest BCUT2D eigenvalue weighted by atomic mass is 35.5. The predicted octanol–water partition coefficient (Wildman–Crippen LogP) is 1.33. The zero-order chi connectivity index (χ0) is 16.4. The van der Waals surface area contributed by atoms with E-state index in [2.05, 4.69) is 5.32 Å². The van der Waals surface area contributed by atoms with Crippen LogP contribution in [0.25, 0.3) is 0 Å². The van der Waals surface area contributed by atoms with Crippen LogP contribution in [0.1, 0.15) is 12.0 Å². The number of likely N-dealkylation sites (N-methyl/N-ethyl adjacent to an activating group) is 1. The van der Waals surface area contributed by atoms with Crippen LogP contribution in [0.4, 0.5) is 0 Å². The summed E-state index contributed by atoms with van der Waals surface area (Å²) in [5, 5.41) is 9.27. The molecule has 1 aliphatic rings. The molecule has 1 aliphatic heterocycles. The Labute approximate surface area is 140 Å². The maximum absolute atomic E-state index is 11.6. The van der Waals surface area contributed by atoms with Crippen LogP contribution in [0.5, 0.6) is 0 Å². The summed E-state index contributed by atoms with van der Waals surface area (Å²) < 4.78 is 30.2. The smallest absolute Gasteiger partial charge is 0.276 e. The second kappa shape index (κ2) is 7.00. The van der Waals surface area contributed by atoms with Gasteiger partial charge in [0, 0.05) is 20.1 Å². The van der Waals surface area contributed by atoms with Gasteiger partial charge in [-0.25, -0.2) is 5.14 Å². The van der Waals surface area contributed by atoms with Gasteiger partial charge in [0.1, 0.15) is 5.60 Å². The molecule has 1 heterocycles. The standard InChI is InChI=1S/C13H19Cl2N3O3S/c1-18(22(16,19)20)9-13(4-5-17-6-7-21-13)10-2-3-11(14)12(15)8-10/h2-3,8,17H,4-7,9H2,1H3,(H2,16,19,20). The molecule has 0 aliphatic carbocycles. The van der Waals surface area contributed by atoms with E-state index in [4.69, 9.17) is 33.1 Å². The Kier molecular flexibility index (Phi) is 5.71. The quantitative estimate of drug-likeness (QED) is 0.840. The lowest BCUT2D eigenvalue weighted by Crippen LogP contribution is -2.46. The number of ether oxygens (including phenoxy) is 1. The molecule has 0 aromatic heterocycles. The zero-order valence-corrected chi connectivity index (χ0v) is 14.5. The first-order valence-electron chi connectivity index (χ1n) is 6.79. The zero-order valence-electron chi connectivity index (χ0n) is 12.2. The van der Waals surface area contributed by atoms with Gasteiger partial charge in [-0.15, -0.1) is 0 Å². The average molecular weight is 368 g/mol. The summed E-state index contributed by atoms with van der Waals surface area (Å²) in [6.07, 6.45) is 0.588. The molecular formula is C13H19Cl2N3O3S. The number of benzene rings is 1. The molecule has 1 fully saturated rings. The van der Waals surface area contributed by atoms with Gasteiger partial charge in [0.25, 0.3) is 10.2 Å². The van der Waals surface area contributed by atoms with Crippen LogP contribution in [0, 0.1) is 0 Å². The molecule has 0 saturated carbocycles. The molecule has 6 nitrogen and oxygen atoms in total. The van der Waals surface area contributed by atoms with Gasteiger partial charge >= 0.3 is 0 Å². The van der Waals surface area contributed by atoms with E-state index in [9.17, 15) is 8.42 Å². The summed E-state index contributed by atoms with van der Waals surface area (Å²) in [7, 11) is -2.38. The lowest BCUT2D eigenvalue weighted by atomic mass is 9.90. The molecule has 0 radical (unpaired) electrons. The number of hydrogen-bond acceptors (Lipinski definition) is 4. The van der Waals surface area contributed by atoms with Crippen LogP contribution in [0.2, 0.25) is 10.0 Å². The number of nitrogens with one attached hydrogen (secondary N) is 1. The van der Waals surface area contributed by atoms with Gasteiger partial charge in [-0.2, -0.15) is 12.7 Å². The SMILES string of the molecule is CN(CC1(c2ccc(Cl)c(Cl)c2)CCNCCO1)S(N)(=O)=O. The number of hydrogen-bond donors (Lipinski definition) is 2. The van der Waals surface area contributed by atoms with Crippen molar-refractivity contribution in [2.45, 2.75) is 12.0 Å². The van der Waals surface area contributed by atoms with Crippen molar-refractivity contribution in [2.24, 2.45) is 5.14 Å². The minimum Gasteiger partial charge on any atom is -0.368 e. The largest absolute Gasteiger partial charge is 0.368 e. The third-order valence-corrected chi connectivity index (χ3v) is 5.46. The van der Waals surface area contributed by atoms with Crippen molar-refractivity contribution < 1.29 is 13.2 Å². The van der Waals surface area contributed by atoms with Crippen molar-refractivity contribution in [3.8, 4) is 0 Å². The fourth-order valence-electron chi connectivity index (χ4n) is 2.48. The predicted molar refractivity (Wildman–Crippen MR) is 87.3 cm³/mol. The molecule has 1 aromatic rings. The Bertz CT molecular complexity index is 631. The Morgan fingerprint density at radius 2 is 2.09 bits per heavy atom. The first-order chi connectivity index (χ1) is 10.2. The van der Waals surface area contributed by atoms with Crippen LogP contribution in [0.15, 0.2) is 18.2 Å². The maximum atomic E-state index is 11.6. The maximum Gasteiger partial charge on any atom is 0.276 e. The summed E-state index contributed by atoms with van der Waals surface area (Å²) in [6.45, 7) is 1.95. The number of nitrogens with two attached hydrogens (primary N) is 1. The minimum atomic E-state index is -3.80. The van der Waals surface area contributed by atoms with Gasteiger partial charge in [-0.05, 0) is 30.7 Å². The molecule has 1 aromatic carbocycles. The van der Waals surface area contributed by atoms with Crippen molar-refractivity contribution in [1.29, 1.82) is 0 Å². The van der Waals surface area contributed by atoms with Crippen LogP contribution in [-0.4, -0.2) is 46.0 Å². The van der Waals surface area contributed by atoms with Crippen molar-refractivity contribution in [1.82, 2.24) is 9.62 Å². The summed E-state index contributed by atoms with van der Waals surface area (Å²) >= 11 is 12.1. The Morgan fingerprint density at radius 1 is 1.36 bits per heavy atom.